The van der Waals surface area contributed by atoms with Gasteiger partial charge in [-0.15, -0.1) is 0 Å². The SMILES string of the molecule is NCC1CN[C@@H]2Cc3c[nH]c4cccc(c34)C2C1. The summed E-state index contributed by atoms with van der Waals surface area (Å²) >= 11 is 0. The average molecular weight is 241 g/mol. The highest BCUT2D eigenvalue weighted by Gasteiger charge is 2.35. The van der Waals surface area contributed by atoms with Crippen molar-refractivity contribution < 1.29 is 0 Å². The molecule has 4 N–H and O–H groups in total. The second-order valence-corrected chi connectivity index (χ2v) is 5.75. The van der Waals surface area contributed by atoms with Gasteiger partial charge in [0.2, 0.25) is 0 Å². The zero-order valence-electron chi connectivity index (χ0n) is 10.4. The first-order valence-corrected chi connectivity index (χ1v) is 6.89. The first-order chi connectivity index (χ1) is 8.86. The van der Waals surface area contributed by atoms with Crippen LogP contribution >= 0.6 is 0 Å². The fraction of sp³-hybridized carbons (Fsp3) is 0.467. The normalized spacial score (nSPS) is 30.4. The number of hydrogen-bond acceptors (Lipinski definition) is 2. The minimum absolute atomic E-state index is 0.599. The predicted molar refractivity (Wildman–Crippen MR) is 73.7 cm³/mol. The van der Waals surface area contributed by atoms with Crippen LogP contribution in [-0.2, 0) is 6.42 Å². The number of aromatic amines is 1. The van der Waals surface area contributed by atoms with E-state index in [9.17, 15) is 0 Å². The Morgan fingerprint density at radius 1 is 1.33 bits per heavy atom. The molecule has 0 spiro atoms. The number of piperidine rings is 1. The number of benzene rings is 1. The second-order valence-electron chi connectivity index (χ2n) is 5.75. The molecule has 2 aliphatic rings. The van der Waals surface area contributed by atoms with Crippen molar-refractivity contribution in [2.75, 3.05) is 13.1 Å². The zero-order chi connectivity index (χ0) is 12.1. The lowest BCUT2D eigenvalue weighted by molar-refractivity contribution is 0.273. The van der Waals surface area contributed by atoms with Crippen LogP contribution in [0.15, 0.2) is 24.4 Å². The van der Waals surface area contributed by atoms with Gasteiger partial charge in [-0.2, -0.15) is 0 Å². The molecular weight excluding hydrogens is 222 g/mol. The first-order valence-electron chi connectivity index (χ1n) is 6.89. The van der Waals surface area contributed by atoms with Gasteiger partial charge in [-0.05, 0) is 49.0 Å². The molecule has 1 aromatic heterocycles. The first kappa shape index (κ1) is 10.6. The Balaban J connectivity index is 1.85. The topological polar surface area (TPSA) is 53.8 Å². The molecular formula is C15H19N3. The summed E-state index contributed by atoms with van der Waals surface area (Å²) in [6, 6.07) is 7.25. The highest BCUT2D eigenvalue weighted by molar-refractivity contribution is 5.88. The molecule has 1 saturated heterocycles. The molecule has 1 aromatic carbocycles. The monoisotopic (exact) mass is 241 g/mol. The van der Waals surface area contributed by atoms with Crippen molar-refractivity contribution in [1.82, 2.24) is 10.3 Å². The van der Waals surface area contributed by atoms with Crippen molar-refractivity contribution in [3.63, 3.8) is 0 Å². The maximum absolute atomic E-state index is 5.85. The van der Waals surface area contributed by atoms with E-state index in [1.165, 1.54) is 28.5 Å². The van der Waals surface area contributed by atoms with Crippen LogP contribution in [0.25, 0.3) is 10.9 Å². The molecule has 1 aliphatic heterocycles. The van der Waals surface area contributed by atoms with E-state index in [2.05, 4.69) is 34.7 Å². The summed E-state index contributed by atoms with van der Waals surface area (Å²) in [5.74, 6) is 1.27. The molecule has 0 radical (unpaired) electrons. The molecule has 2 unspecified atom stereocenters. The lowest BCUT2D eigenvalue weighted by Crippen LogP contribution is -2.48. The van der Waals surface area contributed by atoms with E-state index in [1.807, 2.05) is 0 Å². The summed E-state index contributed by atoms with van der Waals surface area (Å²) in [7, 11) is 0. The van der Waals surface area contributed by atoms with Gasteiger partial charge in [0.25, 0.3) is 0 Å². The summed E-state index contributed by atoms with van der Waals surface area (Å²) in [5.41, 5.74) is 10.1. The Labute approximate surface area is 107 Å². The lowest BCUT2D eigenvalue weighted by atomic mass is 9.73. The maximum atomic E-state index is 5.85. The second kappa shape index (κ2) is 3.84. The third-order valence-corrected chi connectivity index (χ3v) is 4.73. The van der Waals surface area contributed by atoms with E-state index in [4.69, 9.17) is 5.73 Å². The Hall–Kier alpha value is -1.32. The van der Waals surface area contributed by atoms with E-state index in [-0.39, 0.29) is 0 Å². The third kappa shape index (κ3) is 1.38. The van der Waals surface area contributed by atoms with Gasteiger partial charge in [-0.25, -0.2) is 0 Å². The van der Waals surface area contributed by atoms with Crippen LogP contribution in [0.1, 0.15) is 23.5 Å². The Morgan fingerprint density at radius 2 is 2.28 bits per heavy atom. The molecule has 94 valence electrons. The van der Waals surface area contributed by atoms with Gasteiger partial charge >= 0.3 is 0 Å². The molecule has 3 heteroatoms. The molecule has 2 heterocycles. The summed E-state index contributed by atoms with van der Waals surface area (Å²) in [6.07, 6.45) is 4.57. The number of H-pyrrole nitrogens is 1. The average Bonchev–Trinajstić information content (AvgIpc) is 2.83. The maximum Gasteiger partial charge on any atom is 0.0459 e. The zero-order valence-corrected chi connectivity index (χ0v) is 10.4. The molecule has 2 aromatic rings. The van der Waals surface area contributed by atoms with Crippen LogP contribution in [0.4, 0.5) is 0 Å². The minimum Gasteiger partial charge on any atom is -0.361 e. The number of nitrogens with two attached hydrogens (primary N) is 1. The molecule has 4 rings (SSSR count). The van der Waals surface area contributed by atoms with Crippen LogP contribution in [0.2, 0.25) is 0 Å². The van der Waals surface area contributed by atoms with Crippen molar-refractivity contribution in [1.29, 1.82) is 0 Å². The van der Waals surface area contributed by atoms with Gasteiger partial charge in [-0.3, -0.25) is 0 Å². The van der Waals surface area contributed by atoms with Crippen molar-refractivity contribution in [2.24, 2.45) is 11.7 Å². The quantitative estimate of drug-likeness (QED) is 0.712. The minimum atomic E-state index is 0.599. The Morgan fingerprint density at radius 3 is 3.17 bits per heavy atom. The van der Waals surface area contributed by atoms with Gasteiger partial charge < -0.3 is 16.0 Å². The number of fused-ring (bicyclic) bond motifs is 2. The van der Waals surface area contributed by atoms with E-state index >= 15 is 0 Å². The van der Waals surface area contributed by atoms with Crippen molar-refractivity contribution >= 4 is 10.9 Å². The smallest absolute Gasteiger partial charge is 0.0459 e. The summed E-state index contributed by atoms with van der Waals surface area (Å²) < 4.78 is 0. The lowest BCUT2D eigenvalue weighted by Gasteiger charge is -2.40. The summed E-state index contributed by atoms with van der Waals surface area (Å²) in [4.78, 5) is 3.40. The highest BCUT2D eigenvalue weighted by atomic mass is 14.9. The van der Waals surface area contributed by atoms with Gasteiger partial charge in [0.1, 0.15) is 0 Å². The van der Waals surface area contributed by atoms with Crippen molar-refractivity contribution in [3.05, 3.63) is 35.5 Å². The molecule has 0 amide bonds. The van der Waals surface area contributed by atoms with Gasteiger partial charge in [-0.1, -0.05) is 12.1 Å². The largest absolute Gasteiger partial charge is 0.361 e. The van der Waals surface area contributed by atoms with Crippen LogP contribution < -0.4 is 11.1 Å². The van der Waals surface area contributed by atoms with E-state index < -0.39 is 0 Å². The van der Waals surface area contributed by atoms with E-state index in [0.29, 0.717) is 17.9 Å². The molecule has 0 saturated carbocycles. The molecule has 0 bridgehead atoms. The molecule has 1 aliphatic carbocycles. The van der Waals surface area contributed by atoms with Crippen LogP contribution in [-0.4, -0.2) is 24.1 Å². The molecule has 1 fully saturated rings. The fourth-order valence-corrected chi connectivity index (χ4v) is 3.80. The van der Waals surface area contributed by atoms with Gasteiger partial charge in [0.05, 0.1) is 0 Å². The number of rotatable bonds is 1. The van der Waals surface area contributed by atoms with E-state index in [0.717, 1.165) is 19.5 Å². The van der Waals surface area contributed by atoms with Crippen LogP contribution in [0, 0.1) is 5.92 Å². The highest BCUT2D eigenvalue weighted by Crippen LogP contribution is 2.41. The molecule has 3 nitrogen and oxygen atoms in total. The Kier molecular flexibility index (Phi) is 2.26. The standard InChI is InChI=1S/C15H19N3/c16-6-9-4-12-11-2-1-3-13-15(11)10(8-18-13)5-14(12)17-7-9/h1-3,8-9,12,14,17-18H,4-7,16H2/t9?,12?,14-/m1/s1. The molecule has 18 heavy (non-hydrogen) atoms. The summed E-state index contributed by atoms with van der Waals surface area (Å²) in [5, 5.41) is 5.17. The predicted octanol–water partition coefficient (Wildman–Crippen LogP) is 1.74. The van der Waals surface area contributed by atoms with Gasteiger partial charge in [0, 0.05) is 29.1 Å². The number of aromatic nitrogens is 1. The van der Waals surface area contributed by atoms with Crippen molar-refractivity contribution in [3.8, 4) is 0 Å². The fourth-order valence-electron chi connectivity index (χ4n) is 3.80. The van der Waals surface area contributed by atoms with Gasteiger partial charge in [0.15, 0.2) is 0 Å². The summed E-state index contributed by atoms with van der Waals surface area (Å²) in [6.45, 7) is 1.87. The number of hydrogen-bond donors (Lipinski definition) is 3. The van der Waals surface area contributed by atoms with Crippen molar-refractivity contribution in [2.45, 2.75) is 24.8 Å². The molecule has 3 atom stereocenters. The Bertz CT molecular complexity index is 586. The van der Waals surface area contributed by atoms with Crippen LogP contribution in [0.5, 0.6) is 0 Å². The van der Waals surface area contributed by atoms with E-state index in [1.54, 1.807) is 0 Å². The van der Waals surface area contributed by atoms with Crippen LogP contribution in [0.3, 0.4) is 0 Å². The third-order valence-electron chi connectivity index (χ3n) is 4.73. The number of nitrogens with one attached hydrogen (secondary N) is 2.